The highest BCUT2D eigenvalue weighted by Crippen LogP contribution is 2.43. The summed E-state index contributed by atoms with van der Waals surface area (Å²) in [5.74, 6) is -0.202. The molecule has 1 atom stereocenters. The Bertz CT molecular complexity index is 1250. The Morgan fingerprint density at radius 3 is 2.59 bits per heavy atom. The summed E-state index contributed by atoms with van der Waals surface area (Å²) in [5.41, 5.74) is 2.96. The number of fused-ring (bicyclic) bond motifs is 1. The lowest BCUT2D eigenvalue weighted by molar-refractivity contribution is -0.124. The maximum absolute atomic E-state index is 13.3. The first kappa shape index (κ1) is 24.4. The van der Waals surface area contributed by atoms with Gasteiger partial charge in [0.05, 0.1) is 10.3 Å². The minimum Gasteiger partial charge on any atom is -0.324 e. The molecule has 1 saturated heterocycles. The molecule has 0 bridgehead atoms. The van der Waals surface area contributed by atoms with Crippen LogP contribution in [0.5, 0.6) is 0 Å². The summed E-state index contributed by atoms with van der Waals surface area (Å²) in [5, 5.41) is 2.90. The fraction of sp³-hybridized carbons (Fsp3) is 0.462. The molecule has 2 amide bonds. The third-order valence-corrected chi connectivity index (χ3v) is 8.80. The molecular weight excluding hydrogens is 450 g/mol. The van der Waals surface area contributed by atoms with Crippen LogP contribution in [-0.4, -0.2) is 44.2 Å². The normalized spacial score (nSPS) is 20.3. The second-order valence-electron chi connectivity index (χ2n) is 10.2. The molecule has 2 aromatic rings. The summed E-state index contributed by atoms with van der Waals surface area (Å²) < 4.78 is 28.2. The van der Waals surface area contributed by atoms with E-state index in [-0.39, 0.29) is 23.3 Å². The molecule has 2 aromatic carbocycles. The van der Waals surface area contributed by atoms with Gasteiger partial charge in [0.2, 0.25) is 21.8 Å². The van der Waals surface area contributed by atoms with Crippen molar-refractivity contribution in [3.63, 3.8) is 0 Å². The van der Waals surface area contributed by atoms with E-state index in [9.17, 15) is 18.0 Å². The van der Waals surface area contributed by atoms with Gasteiger partial charge in [0.25, 0.3) is 0 Å². The smallest absolute Gasteiger partial charge is 0.244 e. The number of hydrogen-bond acceptors (Lipinski definition) is 4. The van der Waals surface area contributed by atoms with Gasteiger partial charge in [-0.15, -0.1) is 0 Å². The van der Waals surface area contributed by atoms with E-state index in [0.29, 0.717) is 35.9 Å². The summed E-state index contributed by atoms with van der Waals surface area (Å²) in [7, 11) is -3.65. The third-order valence-electron chi connectivity index (χ3n) is 6.94. The largest absolute Gasteiger partial charge is 0.324 e. The van der Waals surface area contributed by atoms with Crippen LogP contribution in [-0.2, 0) is 25.0 Å². The molecule has 34 heavy (non-hydrogen) atoms. The Morgan fingerprint density at radius 2 is 1.88 bits per heavy atom. The Morgan fingerprint density at radius 1 is 1.15 bits per heavy atom. The van der Waals surface area contributed by atoms with Crippen molar-refractivity contribution in [1.29, 1.82) is 0 Å². The average molecular weight is 484 g/mol. The molecule has 0 radical (unpaired) electrons. The molecule has 0 aromatic heterocycles. The maximum Gasteiger partial charge on any atom is 0.244 e. The van der Waals surface area contributed by atoms with E-state index < -0.39 is 15.4 Å². The van der Waals surface area contributed by atoms with Crippen LogP contribution in [0.3, 0.4) is 0 Å². The molecule has 0 saturated carbocycles. The minimum absolute atomic E-state index is 0.140. The summed E-state index contributed by atoms with van der Waals surface area (Å²) in [4.78, 5) is 27.8. The second-order valence-corrected chi connectivity index (χ2v) is 12.1. The van der Waals surface area contributed by atoms with Crippen LogP contribution >= 0.6 is 0 Å². The van der Waals surface area contributed by atoms with Crippen LogP contribution in [0.1, 0.15) is 50.3 Å². The third kappa shape index (κ3) is 4.36. The number of aryl methyl sites for hydroxylation is 2. The van der Waals surface area contributed by atoms with Gasteiger partial charge in [0.1, 0.15) is 6.54 Å². The van der Waals surface area contributed by atoms with Crippen molar-refractivity contribution in [2.75, 3.05) is 29.9 Å². The van der Waals surface area contributed by atoms with E-state index >= 15 is 0 Å². The van der Waals surface area contributed by atoms with Gasteiger partial charge in [0.15, 0.2) is 0 Å². The molecule has 2 aliphatic rings. The van der Waals surface area contributed by atoms with E-state index in [2.05, 4.69) is 12.2 Å². The van der Waals surface area contributed by atoms with E-state index in [1.165, 1.54) is 4.90 Å². The zero-order chi connectivity index (χ0) is 24.8. The highest BCUT2D eigenvalue weighted by atomic mass is 32.2. The Labute approximate surface area is 202 Å². The minimum atomic E-state index is -3.65. The number of amides is 2. The van der Waals surface area contributed by atoms with Crippen molar-refractivity contribution in [2.24, 2.45) is 5.92 Å². The highest BCUT2D eigenvalue weighted by molar-refractivity contribution is 7.89. The Hall–Kier alpha value is -2.71. The predicted octanol–water partition coefficient (Wildman–Crippen LogP) is 3.99. The van der Waals surface area contributed by atoms with Gasteiger partial charge in [0, 0.05) is 24.5 Å². The average Bonchev–Trinajstić information content (AvgIpc) is 2.96. The number of carbonyl (C=O) groups excluding carboxylic acids is 2. The fourth-order valence-electron chi connectivity index (χ4n) is 4.85. The van der Waals surface area contributed by atoms with Gasteiger partial charge in [-0.3, -0.25) is 9.59 Å². The molecule has 0 unspecified atom stereocenters. The number of benzene rings is 2. The van der Waals surface area contributed by atoms with Gasteiger partial charge in [-0.1, -0.05) is 19.1 Å². The van der Waals surface area contributed by atoms with E-state index in [4.69, 9.17) is 0 Å². The maximum atomic E-state index is 13.3. The van der Waals surface area contributed by atoms with Crippen molar-refractivity contribution < 1.29 is 18.0 Å². The van der Waals surface area contributed by atoms with Crippen molar-refractivity contribution >= 4 is 33.2 Å². The van der Waals surface area contributed by atoms with Crippen molar-refractivity contribution in [3.05, 3.63) is 53.1 Å². The first-order valence-corrected chi connectivity index (χ1v) is 13.2. The zero-order valence-corrected chi connectivity index (χ0v) is 21.3. The van der Waals surface area contributed by atoms with Gasteiger partial charge in [-0.25, -0.2) is 8.42 Å². The topological polar surface area (TPSA) is 86.8 Å². The molecule has 1 N–H and O–H groups in total. The first-order chi connectivity index (χ1) is 15.9. The van der Waals surface area contributed by atoms with Crippen molar-refractivity contribution in [2.45, 2.75) is 57.8 Å². The molecular formula is C26H33N3O4S. The Kier molecular flexibility index (Phi) is 6.33. The van der Waals surface area contributed by atoms with Gasteiger partial charge < -0.3 is 10.2 Å². The standard InChI is InChI=1S/C26H33N3O4S/c1-17-8-9-19(3)22(13-17)27-24(30)16-29-23-11-10-20(14-21(23)26(4,5)25(29)31)34(32,33)28-12-6-7-18(2)15-28/h8-11,13-14,18H,6-7,12,15-16H2,1-5H3,(H,27,30)/t18-/m1/s1. The van der Waals surface area contributed by atoms with Gasteiger partial charge in [-0.2, -0.15) is 4.31 Å². The molecule has 8 heteroatoms. The van der Waals surface area contributed by atoms with E-state index in [1.54, 1.807) is 36.4 Å². The van der Waals surface area contributed by atoms with Crippen LogP contribution in [0, 0.1) is 19.8 Å². The number of nitrogens with one attached hydrogen (secondary N) is 1. The Balaban J connectivity index is 1.61. The SMILES string of the molecule is Cc1ccc(C)c(NC(=O)CN2C(=O)C(C)(C)c3cc(S(=O)(=O)N4CCC[C@@H](C)C4)ccc32)c1. The molecule has 0 aliphatic carbocycles. The number of anilines is 2. The summed E-state index contributed by atoms with van der Waals surface area (Å²) in [6.07, 6.45) is 1.87. The van der Waals surface area contributed by atoms with Crippen molar-refractivity contribution in [1.82, 2.24) is 4.31 Å². The number of hydrogen-bond donors (Lipinski definition) is 1. The lowest BCUT2D eigenvalue weighted by atomic mass is 9.86. The van der Waals surface area contributed by atoms with E-state index in [1.807, 2.05) is 32.0 Å². The fourth-order valence-corrected chi connectivity index (χ4v) is 6.47. The molecule has 182 valence electrons. The second kappa shape index (κ2) is 8.82. The number of piperidine rings is 1. The van der Waals surface area contributed by atoms with Gasteiger partial charge >= 0.3 is 0 Å². The van der Waals surface area contributed by atoms with Crippen LogP contribution in [0.2, 0.25) is 0 Å². The summed E-state index contributed by atoms with van der Waals surface area (Å²) in [6, 6.07) is 10.6. The number of nitrogens with zero attached hydrogens (tertiary/aromatic N) is 2. The number of rotatable bonds is 5. The number of carbonyl (C=O) groups is 2. The monoisotopic (exact) mass is 483 g/mol. The molecule has 1 fully saturated rings. The van der Waals surface area contributed by atoms with Gasteiger partial charge in [-0.05, 0) is 87.4 Å². The molecule has 2 aliphatic heterocycles. The molecule has 4 rings (SSSR count). The molecule has 0 spiro atoms. The number of sulfonamides is 1. The lowest BCUT2D eigenvalue weighted by Gasteiger charge is -2.30. The zero-order valence-electron chi connectivity index (χ0n) is 20.5. The molecule has 7 nitrogen and oxygen atoms in total. The van der Waals surface area contributed by atoms with Crippen LogP contribution in [0.15, 0.2) is 41.3 Å². The van der Waals surface area contributed by atoms with E-state index in [0.717, 1.165) is 24.0 Å². The summed E-state index contributed by atoms with van der Waals surface area (Å²) in [6.45, 7) is 10.4. The molecule has 2 heterocycles. The quantitative estimate of drug-likeness (QED) is 0.697. The lowest BCUT2D eigenvalue weighted by Crippen LogP contribution is -2.40. The van der Waals surface area contributed by atoms with Crippen LogP contribution in [0.25, 0.3) is 0 Å². The predicted molar refractivity (Wildman–Crippen MR) is 134 cm³/mol. The van der Waals surface area contributed by atoms with Crippen LogP contribution < -0.4 is 10.2 Å². The first-order valence-electron chi connectivity index (χ1n) is 11.7. The summed E-state index contributed by atoms with van der Waals surface area (Å²) >= 11 is 0. The van der Waals surface area contributed by atoms with Crippen molar-refractivity contribution in [3.8, 4) is 0 Å². The van der Waals surface area contributed by atoms with Crippen LogP contribution in [0.4, 0.5) is 11.4 Å². The highest BCUT2D eigenvalue weighted by Gasteiger charge is 2.45.